The Kier molecular flexibility index (Phi) is 3.03. The van der Waals surface area contributed by atoms with Crippen LogP contribution in [0.15, 0.2) is 18.2 Å². The Bertz CT molecular complexity index is 522. The van der Waals surface area contributed by atoms with Crippen molar-refractivity contribution >= 4 is 29.0 Å². The van der Waals surface area contributed by atoms with Crippen LogP contribution in [0.4, 0.5) is 5.82 Å². The number of hydrogen-bond acceptors (Lipinski definition) is 3. The first-order chi connectivity index (χ1) is 7.63. The third-order valence-electron chi connectivity index (χ3n) is 2.28. The SMILES string of the molecule is CCc1c(N)nnn1-c1ccc(Cl)c(Cl)c1. The van der Waals surface area contributed by atoms with Gasteiger partial charge in [0, 0.05) is 0 Å². The Hall–Kier alpha value is -1.26. The van der Waals surface area contributed by atoms with Crippen LogP contribution in [-0.4, -0.2) is 15.0 Å². The van der Waals surface area contributed by atoms with E-state index in [1.165, 1.54) is 0 Å². The van der Waals surface area contributed by atoms with Gasteiger partial charge in [-0.2, -0.15) is 0 Å². The molecule has 0 spiro atoms. The molecule has 0 saturated carbocycles. The lowest BCUT2D eigenvalue weighted by Crippen LogP contribution is -2.02. The van der Waals surface area contributed by atoms with Crippen molar-refractivity contribution in [2.24, 2.45) is 0 Å². The fraction of sp³-hybridized carbons (Fsp3) is 0.200. The molecule has 84 valence electrons. The topological polar surface area (TPSA) is 56.7 Å². The second-order valence-corrected chi connectivity index (χ2v) is 4.10. The van der Waals surface area contributed by atoms with Gasteiger partial charge in [-0.1, -0.05) is 35.3 Å². The highest BCUT2D eigenvalue weighted by Crippen LogP contribution is 2.25. The molecule has 4 nitrogen and oxygen atoms in total. The number of nitrogens with two attached hydrogens (primary N) is 1. The highest BCUT2D eigenvalue weighted by Gasteiger charge is 2.10. The summed E-state index contributed by atoms with van der Waals surface area (Å²) >= 11 is 11.8. The van der Waals surface area contributed by atoms with Crippen molar-refractivity contribution in [1.29, 1.82) is 0 Å². The first kappa shape index (κ1) is 11.2. The summed E-state index contributed by atoms with van der Waals surface area (Å²) in [4.78, 5) is 0. The second kappa shape index (κ2) is 4.31. The molecule has 1 aromatic carbocycles. The molecule has 2 aromatic rings. The zero-order valence-electron chi connectivity index (χ0n) is 8.61. The summed E-state index contributed by atoms with van der Waals surface area (Å²) in [5, 5.41) is 8.79. The minimum absolute atomic E-state index is 0.438. The van der Waals surface area contributed by atoms with Crippen LogP contribution in [-0.2, 0) is 6.42 Å². The van der Waals surface area contributed by atoms with Crippen LogP contribution in [0.25, 0.3) is 5.69 Å². The van der Waals surface area contributed by atoms with Crippen LogP contribution in [0.5, 0.6) is 0 Å². The number of hydrogen-bond donors (Lipinski definition) is 1. The molecule has 0 atom stereocenters. The molecule has 2 rings (SSSR count). The Balaban J connectivity index is 2.54. The number of rotatable bonds is 2. The molecular weight excluding hydrogens is 247 g/mol. The van der Waals surface area contributed by atoms with E-state index in [0.717, 1.165) is 17.8 Å². The number of nitrogens with zero attached hydrogens (tertiary/aromatic N) is 3. The van der Waals surface area contributed by atoms with Crippen LogP contribution < -0.4 is 5.73 Å². The molecule has 0 bridgehead atoms. The molecule has 16 heavy (non-hydrogen) atoms. The number of halogens is 2. The van der Waals surface area contributed by atoms with Gasteiger partial charge in [0.2, 0.25) is 0 Å². The minimum atomic E-state index is 0.438. The van der Waals surface area contributed by atoms with E-state index >= 15 is 0 Å². The van der Waals surface area contributed by atoms with Gasteiger partial charge in [-0.3, -0.25) is 0 Å². The smallest absolute Gasteiger partial charge is 0.169 e. The van der Waals surface area contributed by atoms with E-state index in [4.69, 9.17) is 28.9 Å². The third-order valence-corrected chi connectivity index (χ3v) is 3.01. The zero-order valence-corrected chi connectivity index (χ0v) is 10.1. The van der Waals surface area contributed by atoms with Crippen LogP contribution >= 0.6 is 23.2 Å². The molecule has 0 unspecified atom stereocenters. The summed E-state index contributed by atoms with van der Waals surface area (Å²) in [5.41, 5.74) is 7.36. The number of benzene rings is 1. The van der Waals surface area contributed by atoms with Gasteiger partial charge in [0.1, 0.15) is 0 Å². The Labute approximate surface area is 103 Å². The van der Waals surface area contributed by atoms with Crippen molar-refractivity contribution in [1.82, 2.24) is 15.0 Å². The zero-order chi connectivity index (χ0) is 11.7. The van der Waals surface area contributed by atoms with Gasteiger partial charge in [-0.25, -0.2) is 4.68 Å². The monoisotopic (exact) mass is 256 g/mol. The average molecular weight is 257 g/mol. The normalized spacial score (nSPS) is 10.7. The lowest BCUT2D eigenvalue weighted by molar-refractivity contribution is 0.767. The molecule has 0 radical (unpaired) electrons. The number of aromatic nitrogens is 3. The van der Waals surface area contributed by atoms with E-state index in [-0.39, 0.29) is 0 Å². The predicted molar refractivity (Wildman–Crippen MR) is 65.2 cm³/mol. The lowest BCUT2D eigenvalue weighted by atomic mass is 10.3. The Morgan fingerprint density at radius 3 is 2.69 bits per heavy atom. The molecule has 0 saturated heterocycles. The van der Waals surface area contributed by atoms with Gasteiger partial charge in [0.15, 0.2) is 5.82 Å². The van der Waals surface area contributed by atoms with Gasteiger partial charge in [0.05, 0.1) is 21.4 Å². The first-order valence-electron chi connectivity index (χ1n) is 4.79. The molecule has 2 N–H and O–H groups in total. The van der Waals surface area contributed by atoms with Gasteiger partial charge in [-0.05, 0) is 24.6 Å². The van der Waals surface area contributed by atoms with Gasteiger partial charge >= 0.3 is 0 Å². The standard InChI is InChI=1S/C10H10Cl2N4/c1-2-9-10(13)14-15-16(9)6-3-4-7(11)8(12)5-6/h3-5H,2,13H2,1H3. The average Bonchev–Trinajstić information content (AvgIpc) is 2.63. The molecular formula is C10H10Cl2N4. The van der Waals surface area contributed by atoms with Crippen molar-refractivity contribution < 1.29 is 0 Å². The Morgan fingerprint density at radius 1 is 1.31 bits per heavy atom. The van der Waals surface area contributed by atoms with E-state index < -0.39 is 0 Å². The summed E-state index contributed by atoms with van der Waals surface area (Å²) in [6.45, 7) is 1.99. The first-order valence-corrected chi connectivity index (χ1v) is 5.54. The largest absolute Gasteiger partial charge is 0.381 e. The molecule has 0 aliphatic heterocycles. The maximum Gasteiger partial charge on any atom is 0.169 e. The molecule has 6 heteroatoms. The van der Waals surface area contributed by atoms with Crippen molar-refractivity contribution in [3.05, 3.63) is 33.9 Å². The minimum Gasteiger partial charge on any atom is -0.381 e. The quantitative estimate of drug-likeness (QED) is 0.899. The molecule has 0 aliphatic carbocycles. The van der Waals surface area contributed by atoms with E-state index in [1.54, 1.807) is 16.8 Å². The fourth-order valence-electron chi connectivity index (χ4n) is 1.47. The van der Waals surface area contributed by atoms with Crippen LogP contribution in [0.3, 0.4) is 0 Å². The number of nitrogen functional groups attached to an aromatic ring is 1. The summed E-state index contributed by atoms with van der Waals surface area (Å²) < 4.78 is 1.66. The highest BCUT2D eigenvalue weighted by molar-refractivity contribution is 6.42. The van der Waals surface area contributed by atoms with E-state index in [0.29, 0.717) is 15.9 Å². The molecule has 0 aliphatic rings. The van der Waals surface area contributed by atoms with Crippen molar-refractivity contribution in [2.45, 2.75) is 13.3 Å². The summed E-state index contributed by atoms with van der Waals surface area (Å²) in [5.74, 6) is 0.438. The molecule has 1 heterocycles. The van der Waals surface area contributed by atoms with E-state index in [1.807, 2.05) is 13.0 Å². The second-order valence-electron chi connectivity index (χ2n) is 3.29. The van der Waals surface area contributed by atoms with Gasteiger partial charge < -0.3 is 5.73 Å². The van der Waals surface area contributed by atoms with Gasteiger partial charge in [-0.15, -0.1) is 5.10 Å². The number of anilines is 1. The maximum absolute atomic E-state index is 5.94. The Morgan fingerprint density at radius 2 is 2.06 bits per heavy atom. The predicted octanol–water partition coefficient (Wildman–Crippen LogP) is 2.72. The maximum atomic E-state index is 5.94. The van der Waals surface area contributed by atoms with Crippen molar-refractivity contribution in [3.8, 4) is 5.69 Å². The van der Waals surface area contributed by atoms with Crippen molar-refractivity contribution in [3.63, 3.8) is 0 Å². The van der Waals surface area contributed by atoms with Crippen LogP contribution in [0, 0.1) is 0 Å². The summed E-state index contributed by atoms with van der Waals surface area (Å²) in [6.07, 6.45) is 0.749. The lowest BCUT2D eigenvalue weighted by Gasteiger charge is -2.05. The summed E-state index contributed by atoms with van der Waals surface area (Å²) in [7, 11) is 0. The van der Waals surface area contributed by atoms with Gasteiger partial charge in [0.25, 0.3) is 0 Å². The molecule has 1 aromatic heterocycles. The van der Waals surface area contributed by atoms with Crippen molar-refractivity contribution in [2.75, 3.05) is 5.73 Å². The molecule has 0 amide bonds. The van der Waals surface area contributed by atoms with E-state index in [2.05, 4.69) is 10.3 Å². The fourth-order valence-corrected chi connectivity index (χ4v) is 1.76. The summed E-state index contributed by atoms with van der Waals surface area (Å²) in [6, 6.07) is 5.27. The highest BCUT2D eigenvalue weighted by atomic mass is 35.5. The van der Waals surface area contributed by atoms with E-state index in [9.17, 15) is 0 Å². The molecule has 0 fully saturated rings. The van der Waals surface area contributed by atoms with Crippen LogP contribution in [0.1, 0.15) is 12.6 Å². The third kappa shape index (κ3) is 1.86. The van der Waals surface area contributed by atoms with Crippen LogP contribution in [0.2, 0.25) is 10.0 Å².